The quantitative estimate of drug-likeness (QED) is 0.639. The van der Waals surface area contributed by atoms with E-state index in [4.69, 9.17) is 0 Å². The van der Waals surface area contributed by atoms with Crippen molar-refractivity contribution in [3.8, 4) is 0 Å². The number of hydrogen-bond donors (Lipinski definition) is 0. The van der Waals surface area contributed by atoms with Crippen molar-refractivity contribution >= 4 is 11.8 Å². The van der Waals surface area contributed by atoms with Crippen molar-refractivity contribution in [1.29, 1.82) is 0 Å². The highest BCUT2D eigenvalue weighted by Gasteiger charge is 2.17. The molecule has 0 aliphatic carbocycles. The lowest BCUT2D eigenvalue weighted by atomic mass is 10.2. The highest BCUT2D eigenvalue weighted by atomic mass is 32.2. The van der Waals surface area contributed by atoms with Gasteiger partial charge in [0.25, 0.3) is 0 Å². The Morgan fingerprint density at radius 3 is 2.50 bits per heavy atom. The summed E-state index contributed by atoms with van der Waals surface area (Å²) in [4.78, 5) is 5.44. The largest absolute Gasteiger partial charge is 0.264 e. The molecule has 0 fully saturated rings. The Balaban J connectivity index is 0.000000379. The maximum Gasteiger partial charge on any atom is 0.0406 e. The van der Waals surface area contributed by atoms with Gasteiger partial charge in [-0.2, -0.15) is 0 Å². The van der Waals surface area contributed by atoms with Gasteiger partial charge < -0.3 is 0 Å². The standard InChI is InChI=1S/C8H9NS.2C2H6/c1-6-4-7-2-3-9-5-8(7)10-6;2*1-2/h2-3,5-6H,4H2,1H3;2*1-2H3. The lowest BCUT2D eigenvalue weighted by Gasteiger charge is -1.93. The molecule has 2 heteroatoms. The van der Waals surface area contributed by atoms with Gasteiger partial charge in [0.15, 0.2) is 0 Å². The third-order valence-electron chi connectivity index (χ3n) is 1.71. The van der Waals surface area contributed by atoms with Crippen LogP contribution in [0, 0.1) is 0 Å². The molecule has 1 nitrogen and oxygen atoms in total. The van der Waals surface area contributed by atoms with Crippen molar-refractivity contribution in [1.82, 2.24) is 4.98 Å². The number of thioether (sulfide) groups is 1. The fraction of sp³-hybridized carbons (Fsp3) is 0.583. The summed E-state index contributed by atoms with van der Waals surface area (Å²) in [6, 6.07) is 2.12. The van der Waals surface area contributed by atoms with Crippen molar-refractivity contribution in [2.75, 3.05) is 0 Å². The van der Waals surface area contributed by atoms with E-state index in [1.165, 1.54) is 16.9 Å². The summed E-state index contributed by atoms with van der Waals surface area (Å²) in [5, 5.41) is 0.749. The first-order valence-corrected chi connectivity index (χ1v) is 6.34. The van der Waals surface area contributed by atoms with Crippen molar-refractivity contribution in [3.05, 3.63) is 24.0 Å². The van der Waals surface area contributed by atoms with Crippen LogP contribution in [0.25, 0.3) is 0 Å². The van der Waals surface area contributed by atoms with Gasteiger partial charge in [-0.25, -0.2) is 0 Å². The molecule has 0 saturated heterocycles. The second-order valence-electron chi connectivity index (χ2n) is 2.62. The molecule has 14 heavy (non-hydrogen) atoms. The smallest absolute Gasteiger partial charge is 0.0406 e. The molecule has 0 amide bonds. The van der Waals surface area contributed by atoms with Gasteiger partial charge in [0.1, 0.15) is 0 Å². The lowest BCUT2D eigenvalue weighted by Crippen LogP contribution is -1.90. The minimum atomic E-state index is 0.749. The van der Waals surface area contributed by atoms with Gasteiger partial charge in [0.05, 0.1) is 0 Å². The number of aromatic nitrogens is 1. The SMILES string of the molecule is CC.CC.CC1Cc2ccncc2S1. The second-order valence-corrected chi connectivity index (χ2v) is 4.10. The molecule has 0 bridgehead atoms. The molecule has 0 saturated carbocycles. The molecule has 0 spiro atoms. The van der Waals surface area contributed by atoms with E-state index in [0.717, 1.165) is 5.25 Å². The fourth-order valence-corrected chi connectivity index (χ4v) is 2.37. The van der Waals surface area contributed by atoms with Crippen molar-refractivity contribution < 1.29 is 0 Å². The number of rotatable bonds is 0. The summed E-state index contributed by atoms with van der Waals surface area (Å²) >= 11 is 1.93. The Morgan fingerprint density at radius 2 is 1.93 bits per heavy atom. The lowest BCUT2D eigenvalue weighted by molar-refractivity contribution is 0.954. The van der Waals surface area contributed by atoms with E-state index in [-0.39, 0.29) is 0 Å². The summed E-state index contributed by atoms with van der Waals surface area (Å²) in [5.74, 6) is 0. The van der Waals surface area contributed by atoms with E-state index in [1.807, 2.05) is 51.9 Å². The first-order chi connectivity index (χ1) is 6.86. The minimum absolute atomic E-state index is 0.749. The predicted molar refractivity (Wildman–Crippen MR) is 66.0 cm³/mol. The van der Waals surface area contributed by atoms with Gasteiger partial charge in [-0.1, -0.05) is 34.6 Å². The average Bonchev–Trinajstić information content (AvgIpc) is 2.64. The van der Waals surface area contributed by atoms with Crippen LogP contribution in [-0.4, -0.2) is 10.2 Å². The summed E-state index contributed by atoms with van der Waals surface area (Å²) in [7, 11) is 0. The molecule has 1 aromatic heterocycles. The molecule has 0 N–H and O–H groups in total. The van der Waals surface area contributed by atoms with Gasteiger partial charge in [0.2, 0.25) is 0 Å². The molecule has 2 heterocycles. The maximum atomic E-state index is 4.07. The Kier molecular flexibility index (Phi) is 7.58. The summed E-state index contributed by atoms with van der Waals surface area (Å²) in [5.41, 5.74) is 1.47. The highest BCUT2D eigenvalue weighted by Crippen LogP contribution is 2.35. The van der Waals surface area contributed by atoms with Crippen LogP contribution in [0.15, 0.2) is 23.4 Å². The second kappa shape index (κ2) is 7.86. The van der Waals surface area contributed by atoms with E-state index in [0.29, 0.717) is 0 Å². The van der Waals surface area contributed by atoms with Crippen LogP contribution >= 0.6 is 11.8 Å². The Bertz CT molecular complexity index is 223. The zero-order valence-electron chi connectivity index (χ0n) is 9.87. The molecule has 1 aliphatic rings. The minimum Gasteiger partial charge on any atom is -0.264 e. The highest BCUT2D eigenvalue weighted by molar-refractivity contribution is 8.00. The van der Waals surface area contributed by atoms with Crippen molar-refractivity contribution in [2.45, 2.75) is 51.2 Å². The first-order valence-electron chi connectivity index (χ1n) is 5.46. The molecule has 1 aromatic rings. The molecule has 1 atom stereocenters. The molecular weight excluding hydrogens is 190 g/mol. The first kappa shape index (κ1) is 13.5. The van der Waals surface area contributed by atoms with E-state index in [2.05, 4.69) is 18.0 Å². The van der Waals surface area contributed by atoms with E-state index in [1.54, 1.807) is 0 Å². The van der Waals surface area contributed by atoms with Crippen LogP contribution in [0.4, 0.5) is 0 Å². The van der Waals surface area contributed by atoms with E-state index < -0.39 is 0 Å². The van der Waals surface area contributed by atoms with Crippen LogP contribution in [0.3, 0.4) is 0 Å². The third-order valence-corrected chi connectivity index (χ3v) is 2.90. The van der Waals surface area contributed by atoms with Crippen LogP contribution in [0.2, 0.25) is 0 Å². The zero-order chi connectivity index (χ0) is 11.0. The van der Waals surface area contributed by atoms with E-state index in [9.17, 15) is 0 Å². The van der Waals surface area contributed by atoms with Crippen LogP contribution in [0.5, 0.6) is 0 Å². The average molecular weight is 211 g/mol. The molecule has 1 aliphatic heterocycles. The monoisotopic (exact) mass is 211 g/mol. The Hall–Kier alpha value is -0.500. The Morgan fingerprint density at radius 1 is 1.29 bits per heavy atom. The fourth-order valence-electron chi connectivity index (χ4n) is 1.25. The van der Waals surface area contributed by atoms with Gasteiger partial charge in [-0.3, -0.25) is 4.98 Å². The number of hydrogen-bond acceptors (Lipinski definition) is 2. The van der Waals surface area contributed by atoms with Crippen LogP contribution < -0.4 is 0 Å². The summed E-state index contributed by atoms with van der Waals surface area (Å²) in [6.07, 6.45) is 5.05. The van der Waals surface area contributed by atoms with Crippen LogP contribution in [-0.2, 0) is 6.42 Å². The number of fused-ring (bicyclic) bond motifs is 1. The predicted octanol–water partition coefficient (Wildman–Crippen LogP) is 4.17. The molecule has 80 valence electrons. The maximum absolute atomic E-state index is 4.07. The molecule has 0 aromatic carbocycles. The molecular formula is C12H21NS. The van der Waals surface area contributed by atoms with Gasteiger partial charge in [-0.05, 0) is 18.1 Å². The van der Waals surface area contributed by atoms with E-state index >= 15 is 0 Å². The molecule has 0 radical (unpaired) electrons. The van der Waals surface area contributed by atoms with Gasteiger partial charge in [-0.15, -0.1) is 11.8 Å². The number of nitrogens with zero attached hydrogens (tertiary/aromatic N) is 1. The third kappa shape index (κ3) is 3.70. The summed E-state index contributed by atoms with van der Waals surface area (Å²) in [6.45, 7) is 10.3. The number of pyridine rings is 1. The topological polar surface area (TPSA) is 12.9 Å². The van der Waals surface area contributed by atoms with Gasteiger partial charge in [0, 0.05) is 22.5 Å². The normalized spacial score (nSPS) is 17.1. The summed E-state index contributed by atoms with van der Waals surface area (Å²) < 4.78 is 0. The van der Waals surface area contributed by atoms with Crippen molar-refractivity contribution in [3.63, 3.8) is 0 Å². The molecule has 1 unspecified atom stereocenters. The van der Waals surface area contributed by atoms with Crippen LogP contribution in [0.1, 0.15) is 40.2 Å². The van der Waals surface area contributed by atoms with Gasteiger partial charge >= 0.3 is 0 Å². The Labute approximate surface area is 92.3 Å². The zero-order valence-corrected chi connectivity index (χ0v) is 10.7. The van der Waals surface area contributed by atoms with Crippen molar-refractivity contribution in [2.24, 2.45) is 0 Å². The molecule has 2 rings (SSSR count).